The highest BCUT2D eigenvalue weighted by Crippen LogP contribution is 2.40. The van der Waals surface area contributed by atoms with Crippen molar-refractivity contribution in [2.24, 2.45) is 5.16 Å². The molecule has 0 bridgehead atoms. The van der Waals surface area contributed by atoms with Crippen LogP contribution in [0, 0.1) is 0 Å². The Morgan fingerprint density at radius 3 is 2.15 bits per heavy atom. The maximum atomic E-state index is 13.2. The molecule has 0 aliphatic carbocycles. The lowest BCUT2D eigenvalue weighted by Gasteiger charge is -2.49. The van der Waals surface area contributed by atoms with Crippen LogP contribution in [-0.4, -0.2) is 72.6 Å². The molecule has 296 valence electrons. The van der Waals surface area contributed by atoms with Crippen LogP contribution in [0.3, 0.4) is 0 Å². The fraction of sp³-hybridized carbons (Fsp3) is 0.632. The number of thioether (sulfide) groups is 1. The number of carboxylic acids is 1. The highest BCUT2D eigenvalue weighted by molar-refractivity contribution is 8.00. The van der Waals surface area contributed by atoms with Crippen LogP contribution in [0.25, 0.3) is 0 Å². The molecule has 1 fully saturated rings. The molecule has 0 saturated carbocycles. The second-order valence-corrected chi connectivity index (χ2v) is 15.6. The van der Waals surface area contributed by atoms with Gasteiger partial charge in [0.05, 0.1) is 0 Å². The van der Waals surface area contributed by atoms with Gasteiger partial charge in [0, 0.05) is 47.0 Å². The van der Waals surface area contributed by atoms with Crippen molar-refractivity contribution >= 4 is 57.9 Å². The third kappa shape index (κ3) is 13.1. The number of nitrogens with zero attached hydrogens (tertiary/aromatic N) is 5. The van der Waals surface area contributed by atoms with E-state index in [1.807, 2.05) is 16.7 Å². The Bertz CT molecular complexity index is 1600. The smallest absolute Gasteiger partial charge is 0.352 e. The summed E-state index contributed by atoms with van der Waals surface area (Å²) in [5.41, 5.74) is 6.70. The van der Waals surface area contributed by atoms with Gasteiger partial charge in [0.25, 0.3) is 11.8 Å². The number of ether oxygens (including phenoxy) is 1. The summed E-state index contributed by atoms with van der Waals surface area (Å²) in [5, 5.41) is 16.1. The Hall–Kier alpha value is -4.05. The molecule has 1 saturated heterocycles. The monoisotopic (exact) mass is 786 g/mol. The van der Waals surface area contributed by atoms with Gasteiger partial charge in [0.1, 0.15) is 30.3 Å². The number of aliphatic carboxylic acids is 1. The number of rotatable bonds is 26. The highest BCUT2D eigenvalue weighted by Gasteiger charge is 2.55. The standard InChI is InChI=1S/C38H55N7O7S2/c1-3-5-6-7-8-9-10-11-12-13-14-15-16-17-18-19-29(46)51-25-27-20-22-44(23-21-27)24-28-26-53-36-31(35(48)45(36)32(28)37(49)50)40-34(47)30(42-52-4-2)33-41-38(39)54-43-33/h20-23,31,36H,3-19,24-26H2,1-2H3,(H3-,39,40,41,43,47,49,50)/p+1/t31?,36-/m1/s1. The number of nitrogen functional groups attached to an aromatic ring is 1. The van der Waals surface area contributed by atoms with Gasteiger partial charge >= 0.3 is 11.9 Å². The zero-order chi connectivity index (χ0) is 38.7. The molecule has 2 atom stereocenters. The van der Waals surface area contributed by atoms with Crippen LogP contribution in [0.4, 0.5) is 5.13 Å². The van der Waals surface area contributed by atoms with Crippen molar-refractivity contribution < 1.29 is 38.4 Å². The Balaban J connectivity index is 1.15. The first-order valence-corrected chi connectivity index (χ1v) is 21.2. The van der Waals surface area contributed by atoms with Crippen LogP contribution in [0.1, 0.15) is 128 Å². The Morgan fingerprint density at radius 2 is 1.59 bits per heavy atom. The number of anilines is 1. The number of esters is 1. The molecule has 0 aromatic carbocycles. The predicted octanol–water partition coefficient (Wildman–Crippen LogP) is 5.89. The summed E-state index contributed by atoms with van der Waals surface area (Å²) in [7, 11) is 0. The fourth-order valence-electron chi connectivity index (χ4n) is 6.45. The van der Waals surface area contributed by atoms with E-state index in [-0.39, 0.29) is 48.1 Å². The first-order chi connectivity index (χ1) is 26.2. The van der Waals surface area contributed by atoms with Gasteiger partial charge in [-0.3, -0.25) is 19.3 Å². The molecule has 2 aromatic rings. The van der Waals surface area contributed by atoms with E-state index in [0.717, 1.165) is 36.4 Å². The van der Waals surface area contributed by atoms with Crippen molar-refractivity contribution in [2.75, 3.05) is 18.1 Å². The summed E-state index contributed by atoms with van der Waals surface area (Å²) in [6, 6.07) is 2.68. The zero-order valence-corrected chi connectivity index (χ0v) is 33.3. The van der Waals surface area contributed by atoms with E-state index in [1.54, 1.807) is 19.3 Å². The lowest BCUT2D eigenvalue weighted by molar-refractivity contribution is -0.689. The lowest BCUT2D eigenvalue weighted by atomic mass is 10.0. The van der Waals surface area contributed by atoms with Crippen LogP contribution in [0.2, 0.25) is 0 Å². The molecule has 2 aromatic heterocycles. The minimum Gasteiger partial charge on any atom is -0.477 e. The molecule has 16 heteroatoms. The van der Waals surface area contributed by atoms with E-state index < -0.39 is 29.2 Å². The molecule has 4 rings (SSSR count). The summed E-state index contributed by atoms with van der Waals surface area (Å²) in [6.45, 7) is 4.54. The van der Waals surface area contributed by atoms with Crippen molar-refractivity contribution in [1.82, 2.24) is 19.6 Å². The number of fused-ring (bicyclic) bond motifs is 1. The molecular formula is C38H56N7O7S2+. The third-order valence-corrected chi connectivity index (χ3v) is 11.3. The lowest BCUT2D eigenvalue weighted by Crippen LogP contribution is -2.71. The Morgan fingerprint density at radius 1 is 0.981 bits per heavy atom. The average molecular weight is 787 g/mol. The molecule has 4 heterocycles. The second kappa shape index (κ2) is 23.0. The number of pyridine rings is 1. The number of amides is 2. The number of nitrogens with two attached hydrogens (primary N) is 1. The van der Waals surface area contributed by atoms with Crippen molar-refractivity contribution in [3.63, 3.8) is 0 Å². The van der Waals surface area contributed by atoms with Crippen molar-refractivity contribution in [1.29, 1.82) is 0 Å². The molecule has 2 aliphatic rings. The summed E-state index contributed by atoms with van der Waals surface area (Å²) in [4.78, 5) is 61.3. The first-order valence-electron chi connectivity index (χ1n) is 19.4. The van der Waals surface area contributed by atoms with Crippen LogP contribution in [-0.2, 0) is 41.9 Å². The number of hydrogen-bond acceptors (Lipinski definition) is 12. The average Bonchev–Trinajstić information content (AvgIpc) is 3.60. The van der Waals surface area contributed by atoms with Crippen LogP contribution in [0.15, 0.2) is 41.0 Å². The van der Waals surface area contributed by atoms with E-state index in [0.29, 0.717) is 17.7 Å². The van der Waals surface area contributed by atoms with E-state index in [1.165, 1.54) is 93.7 Å². The predicted molar refractivity (Wildman–Crippen MR) is 208 cm³/mol. The van der Waals surface area contributed by atoms with Gasteiger partial charge in [0.15, 0.2) is 24.1 Å². The number of carbonyl (C=O) groups is 4. The Kier molecular flexibility index (Phi) is 18.2. The van der Waals surface area contributed by atoms with Gasteiger partial charge in [-0.05, 0) is 13.3 Å². The van der Waals surface area contributed by atoms with Gasteiger partial charge in [-0.1, -0.05) is 102 Å². The number of hydrogen-bond donors (Lipinski definition) is 3. The number of nitrogens with one attached hydrogen (secondary N) is 1. The molecule has 2 amide bonds. The van der Waals surface area contributed by atoms with Gasteiger partial charge in [-0.15, -0.1) is 11.8 Å². The quantitative estimate of drug-likeness (QED) is 0.0257. The number of oxime groups is 1. The molecule has 14 nitrogen and oxygen atoms in total. The summed E-state index contributed by atoms with van der Waals surface area (Å²) >= 11 is 2.24. The first kappa shape index (κ1) is 42.7. The number of carboxylic acid groups (broad SMARTS) is 1. The molecule has 1 unspecified atom stereocenters. The maximum Gasteiger partial charge on any atom is 0.352 e. The summed E-state index contributed by atoms with van der Waals surface area (Å²) in [5.74, 6) is -2.43. The largest absolute Gasteiger partial charge is 0.477 e. The van der Waals surface area contributed by atoms with Crippen molar-refractivity contribution in [3.05, 3.63) is 47.2 Å². The van der Waals surface area contributed by atoms with Crippen LogP contribution < -0.4 is 15.6 Å². The topological polar surface area (TPSA) is 190 Å². The maximum absolute atomic E-state index is 13.2. The van der Waals surface area contributed by atoms with E-state index in [4.69, 9.17) is 15.3 Å². The minimum atomic E-state index is -1.23. The molecule has 0 spiro atoms. The number of unbranched alkanes of at least 4 members (excludes halogenated alkanes) is 14. The highest BCUT2D eigenvalue weighted by atomic mass is 32.2. The van der Waals surface area contributed by atoms with Gasteiger partial charge < -0.3 is 25.7 Å². The van der Waals surface area contributed by atoms with E-state index >= 15 is 0 Å². The van der Waals surface area contributed by atoms with Crippen LogP contribution >= 0.6 is 23.3 Å². The zero-order valence-electron chi connectivity index (χ0n) is 31.6. The van der Waals surface area contributed by atoms with Crippen LogP contribution in [0.5, 0.6) is 0 Å². The molecule has 4 N–H and O–H groups in total. The second-order valence-electron chi connectivity index (χ2n) is 13.7. The third-order valence-electron chi connectivity index (χ3n) is 9.41. The summed E-state index contributed by atoms with van der Waals surface area (Å²) < 4.78 is 11.3. The molecule has 54 heavy (non-hydrogen) atoms. The SMILES string of the molecule is CCCCCCCCCCCCCCCCCC(=O)OCc1cc[n+](CC2=C(C(=O)O)N3C(=O)C(NC(=O)C(=NOCC)c4nsc(N)n4)[C@H]3SC2)cc1. The van der Waals surface area contributed by atoms with Gasteiger partial charge in [0.2, 0.25) is 11.5 Å². The minimum absolute atomic E-state index is 0.0339. The Labute approximate surface area is 326 Å². The normalized spacial score (nSPS) is 16.9. The van der Waals surface area contributed by atoms with E-state index in [2.05, 4.69) is 26.8 Å². The van der Waals surface area contributed by atoms with Gasteiger partial charge in [-0.25, -0.2) is 9.36 Å². The fourth-order valence-corrected chi connectivity index (χ4v) is 8.22. The van der Waals surface area contributed by atoms with Crippen molar-refractivity contribution in [2.45, 2.75) is 141 Å². The molecule has 2 aliphatic heterocycles. The van der Waals surface area contributed by atoms with E-state index in [9.17, 15) is 24.3 Å². The molecule has 0 radical (unpaired) electrons. The van der Waals surface area contributed by atoms with Gasteiger partial charge in [-0.2, -0.15) is 9.36 Å². The number of aromatic nitrogens is 3. The molecular weight excluding hydrogens is 731 g/mol. The number of β-lactam (4-membered cyclic amide) rings is 1. The van der Waals surface area contributed by atoms with Crippen molar-refractivity contribution in [3.8, 4) is 0 Å². The summed E-state index contributed by atoms with van der Waals surface area (Å²) in [6.07, 6.45) is 23.1. The number of carbonyl (C=O) groups excluding carboxylic acids is 3.